The first-order valence-electron chi connectivity index (χ1n) is 13.6. The average molecular weight is 518 g/mol. The Morgan fingerprint density at radius 2 is 1.15 bits per heavy atom. The Balaban J connectivity index is 1.32. The van der Waals surface area contributed by atoms with Crippen LogP contribution in [0, 0.1) is 5.92 Å². The molecule has 0 aromatic heterocycles. The topological polar surface area (TPSA) is 66.6 Å². The molecular weight excluding hydrogens is 482 g/mol. The normalized spacial score (nSPS) is 15.5. The lowest BCUT2D eigenvalue weighted by Crippen LogP contribution is -2.44. The number of imide groups is 1. The van der Waals surface area contributed by atoms with Crippen molar-refractivity contribution in [3.8, 4) is 0 Å². The lowest BCUT2D eigenvalue weighted by molar-refractivity contribution is -0.128. The molecule has 1 atom stereocenters. The highest BCUT2D eigenvalue weighted by Crippen LogP contribution is 2.34. The van der Waals surface area contributed by atoms with E-state index in [4.69, 9.17) is 5.73 Å². The number of hydrogen-bond acceptors (Lipinski definition) is 3. The van der Waals surface area contributed by atoms with Crippen LogP contribution in [-0.2, 0) is 4.79 Å². The molecule has 5 rings (SSSR count). The number of amides is 3. The molecule has 4 aromatic rings. The molecule has 1 aliphatic heterocycles. The number of likely N-dealkylation sites (tertiary alicyclic amines) is 1. The first-order chi connectivity index (χ1) is 19.1. The van der Waals surface area contributed by atoms with Gasteiger partial charge in [0.1, 0.15) is 0 Å². The maximum Gasteiger partial charge on any atom is 0.321 e. The molecule has 0 bridgehead atoms. The van der Waals surface area contributed by atoms with Gasteiger partial charge in [0.05, 0.1) is 6.04 Å². The van der Waals surface area contributed by atoms with Crippen molar-refractivity contribution in [1.82, 2.24) is 9.80 Å². The minimum Gasteiger partial charge on any atom is -0.351 e. The maximum atomic E-state index is 13.6. The van der Waals surface area contributed by atoms with Crippen molar-refractivity contribution in [1.29, 1.82) is 0 Å². The van der Waals surface area contributed by atoms with Crippen LogP contribution < -0.4 is 5.73 Å². The summed E-state index contributed by atoms with van der Waals surface area (Å²) in [6, 6.07) is 40.4. The lowest BCUT2D eigenvalue weighted by Gasteiger charge is -2.30. The zero-order valence-electron chi connectivity index (χ0n) is 22.1. The Bertz CT molecular complexity index is 1270. The summed E-state index contributed by atoms with van der Waals surface area (Å²) >= 11 is 0. The number of carbonyl (C=O) groups is 2. The summed E-state index contributed by atoms with van der Waals surface area (Å²) in [5.74, 6) is -0.230. The van der Waals surface area contributed by atoms with Gasteiger partial charge in [-0.25, -0.2) is 4.79 Å². The van der Waals surface area contributed by atoms with Crippen LogP contribution in [0.3, 0.4) is 0 Å². The van der Waals surface area contributed by atoms with Crippen LogP contribution in [0.5, 0.6) is 0 Å². The number of hydrogen-bond donors (Lipinski definition) is 1. The Kier molecular flexibility index (Phi) is 8.49. The molecule has 1 saturated heterocycles. The smallest absolute Gasteiger partial charge is 0.321 e. The minimum atomic E-state index is -0.680. The second-order valence-electron chi connectivity index (χ2n) is 10.3. The fourth-order valence-electron chi connectivity index (χ4n) is 5.79. The van der Waals surface area contributed by atoms with Gasteiger partial charge in [0.25, 0.3) is 0 Å². The molecule has 1 heterocycles. The standard InChI is InChI=1S/C34H35N3O2/c35-34(39)37(32(38)23-31(27-13-5-1-6-14-27)28-15-7-2-8-16-28)25-26-21-22-36(24-26)33(29-17-9-3-10-18-29)30-19-11-4-12-20-30/h1-20,26,31,33H,21-25H2,(H2,35,39). The van der Waals surface area contributed by atoms with E-state index >= 15 is 0 Å². The van der Waals surface area contributed by atoms with Crippen LogP contribution in [0.1, 0.15) is 47.1 Å². The molecule has 198 valence electrons. The van der Waals surface area contributed by atoms with E-state index in [-0.39, 0.29) is 30.2 Å². The van der Waals surface area contributed by atoms with Gasteiger partial charge in [0.2, 0.25) is 5.91 Å². The van der Waals surface area contributed by atoms with Crippen LogP contribution in [-0.4, -0.2) is 41.4 Å². The van der Waals surface area contributed by atoms with Gasteiger partial charge < -0.3 is 5.73 Å². The van der Waals surface area contributed by atoms with E-state index in [1.54, 1.807) is 0 Å². The number of urea groups is 1. The molecule has 0 aliphatic carbocycles. The van der Waals surface area contributed by atoms with Gasteiger partial charge in [-0.3, -0.25) is 14.6 Å². The van der Waals surface area contributed by atoms with Crippen molar-refractivity contribution >= 4 is 11.9 Å². The first kappa shape index (κ1) is 26.4. The van der Waals surface area contributed by atoms with E-state index in [9.17, 15) is 9.59 Å². The van der Waals surface area contributed by atoms with Gasteiger partial charge in [0.15, 0.2) is 0 Å². The molecule has 0 radical (unpaired) electrons. The molecule has 2 N–H and O–H groups in total. The number of nitrogens with two attached hydrogens (primary N) is 1. The van der Waals surface area contributed by atoms with Gasteiger partial charge in [-0.15, -0.1) is 0 Å². The average Bonchev–Trinajstić information content (AvgIpc) is 3.44. The van der Waals surface area contributed by atoms with Crippen molar-refractivity contribution in [2.24, 2.45) is 11.7 Å². The summed E-state index contributed by atoms with van der Waals surface area (Å²) in [5.41, 5.74) is 10.4. The van der Waals surface area contributed by atoms with Crippen LogP contribution in [0.2, 0.25) is 0 Å². The van der Waals surface area contributed by atoms with E-state index in [1.807, 2.05) is 72.8 Å². The van der Waals surface area contributed by atoms with E-state index < -0.39 is 6.03 Å². The fraction of sp³-hybridized carbons (Fsp3) is 0.235. The van der Waals surface area contributed by atoms with Crippen molar-refractivity contribution in [3.63, 3.8) is 0 Å². The second-order valence-corrected chi connectivity index (χ2v) is 10.3. The predicted molar refractivity (Wildman–Crippen MR) is 155 cm³/mol. The maximum absolute atomic E-state index is 13.6. The summed E-state index contributed by atoms with van der Waals surface area (Å²) in [6.07, 6.45) is 1.08. The van der Waals surface area contributed by atoms with E-state index in [1.165, 1.54) is 16.0 Å². The monoisotopic (exact) mass is 517 g/mol. The van der Waals surface area contributed by atoms with Crippen LogP contribution in [0.25, 0.3) is 0 Å². The molecule has 5 heteroatoms. The lowest BCUT2D eigenvalue weighted by atomic mass is 9.88. The molecule has 1 fully saturated rings. The summed E-state index contributed by atoms with van der Waals surface area (Å²) < 4.78 is 0. The third-order valence-corrected chi connectivity index (χ3v) is 7.70. The molecule has 3 amide bonds. The molecule has 5 nitrogen and oxygen atoms in total. The molecule has 0 spiro atoms. The predicted octanol–water partition coefficient (Wildman–Crippen LogP) is 6.23. The highest BCUT2D eigenvalue weighted by molar-refractivity contribution is 5.94. The molecule has 1 aliphatic rings. The zero-order valence-corrected chi connectivity index (χ0v) is 22.1. The Morgan fingerprint density at radius 1 is 0.718 bits per heavy atom. The van der Waals surface area contributed by atoms with Gasteiger partial charge in [0, 0.05) is 25.4 Å². The third kappa shape index (κ3) is 6.44. The molecule has 0 saturated carbocycles. The third-order valence-electron chi connectivity index (χ3n) is 7.70. The van der Waals surface area contributed by atoms with Crippen molar-refractivity contribution in [3.05, 3.63) is 144 Å². The van der Waals surface area contributed by atoms with Crippen LogP contribution in [0.15, 0.2) is 121 Å². The van der Waals surface area contributed by atoms with Gasteiger partial charge >= 0.3 is 6.03 Å². The molecule has 1 unspecified atom stereocenters. The minimum absolute atomic E-state index is 0.121. The second kappa shape index (κ2) is 12.5. The fourth-order valence-corrected chi connectivity index (χ4v) is 5.79. The SMILES string of the molecule is NC(=O)N(CC1CCN(C(c2ccccc2)c2ccccc2)C1)C(=O)CC(c1ccccc1)c1ccccc1. The number of benzene rings is 4. The summed E-state index contributed by atoms with van der Waals surface area (Å²) in [5, 5.41) is 0. The van der Waals surface area contributed by atoms with Crippen molar-refractivity contribution in [2.75, 3.05) is 19.6 Å². The van der Waals surface area contributed by atoms with Crippen molar-refractivity contribution in [2.45, 2.75) is 24.8 Å². The number of nitrogens with zero attached hydrogens (tertiary/aromatic N) is 2. The Hall–Kier alpha value is -4.22. The highest BCUT2D eigenvalue weighted by atomic mass is 16.2. The first-order valence-corrected chi connectivity index (χ1v) is 13.6. The largest absolute Gasteiger partial charge is 0.351 e. The zero-order chi connectivity index (χ0) is 27.0. The van der Waals surface area contributed by atoms with E-state index in [0.29, 0.717) is 6.54 Å². The Labute approximate surface area is 230 Å². The summed E-state index contributed by atoms with van der Waals surface area (Å²) in [7, 11) is 0. The number of primary amides is 1. The van der Waals surface area contributed by atoms with Gasteiger partial charge in [-0.05, 0) is 41.1 Å². The molecule has 4 aromatic carbocycles. The molecular formula is C34H35N3O2. The van der Waals surface area contributed by atoms with Crippen LogP contribution in [0.4, 0.5) is 4.79 Å². The quantitative estimate of drug-likeness (QED) is 0.286. The van der Waals surface area contributed by atoms with Crippen molar-refractivity contribution < 1.29 is 9.59 Å². The van der Waals surface area contributed by atoms with E-state index in [0.717, 1.165) is 30.6 Å². The van der Waals surface area contributed by atoms with E-state index in [2.05, 4.69) is 53.4 Å². The summed E-state index contributed by atoms with van der Waals surface area (Å²) in [4.78, 5) is 29.9. The van der Waals surface area contributed by atoms with Crippen LogP contribution >= 0.6 is 0 Å². The summed E-state index contributed by atoms with van der Waals surface area (Å²) in [6.45, 7) is 2.00. The number of rotatable bonds is 9. The number of carbonyl (C=O) groups excluding carboxylic acids is 2. The van der Waals surface area contributed by atoms with Gasteiger partial charge in [-0.1, -0.05) is 121 Å². The Morgan fingerprint density at radius 3 is 1.59 bits per heavy atom. The molecule has 39 heavy (non-hydrogen) atoms. The van der Waals surface area contributed by atoms with Gasteiger partial charge in [-0.2, -0.15) is 0 Å². The highest BCUT2D eigenvalue weighted by Gasteiger charge is 2.34.